The van der Waals surface area contributed by atoms with Gasteiger partial charge in [-0.05, 0) is 17.7 Å². The van der Waals surface area contributed by atoms with E-state index in [-0.39, 0.29) is 5.75 Å². The molecule has 0 saturated carbocycles. The van der Waals surface area contributed by atoms with Crippen LogP contribution in [-0.4, -0.2) is 18.2 Å². The number of hydrogen-bond donors (Lipinski definition) is 2. The molecule has 6 nitrogen and oxygen atoms in total. The second-order valence-corrected chi connectivity index (χ2v) is 5.70. The van der Waals surface area contributed by atoms with Gasteiger partial charge in [0.1, 0.15) is 0 Å². The smallest absolute Gasteiger partial charge is 0.238 e. The fourth-order valence-electron chi connectivity index (χ4n) is 1.57. The Labute approximate surface area is 105 Å². The van der Waals surface area contributed by atoms with Gasteiger partial charge in [0.25, 0.3) is 0 Å². The van der Waals surface area contributed by atoms with Gasteiger partial charge in [-0.3, -0.25) is 9.40 Å². The molecule has 0 fully saturated rings. The summed E-state index contributed by atoms with van der Waals surface area (Å²) in [6.07, 6.45) is 1.67. The zero-order chi connectivity index (χ0) is 13.2. The van der Waals surface area contributed by atoms with Crippen molar-refractivity contribution in [1.29, 1.82) is 0 Å². The Morgan fingerprint density at radius 2 is 2.17 bits per heavy atom. The number of nitrogen functional groups attached to an aromatic ring is 1. The largest absolute Gasteiger partial charge is 0.399 e. The lowest BCUT2D eigenvalue weighted by Crippen LogP contribution is -2.15. The second kappa shape index (κ2) is 4.69. The van der Waals surface area contributed by atoms with Gasteiger partial charge >= 0.3 is 0 Å². The van der Waals surface area contributed by atoms with Crippen LogP contribution in [0.1, 0.15) is 5.56 Å². The zero-order valence-corrected chi connectivity index (χ0v) is 10.7. The van der Waals surface area contributed by atoms with Crippen LogP contribution in [0, 0.1) is 0 Å². The summed E-state index contributed by atoms with van der Waals surface area (Å²) < 4.78 is 27.7. The van der Waals surface area contributed by atoms with Crippen molar-refractivity contribution < 1.29 is 8.42 Å². The van der Waals surface area contributed by atoms with Crippen molar-refractivity contribution in [3.63, 3.8) is 0 Å². The first kappa shape index (κ1) is 12.4. The molecule has 0 amide bonds. The Morgan fingerprint density at radius 3 is 2.78 bits per heavy atom. The highest BCUT2D eigenvalue weighted by Gasteiger charge is 2.13. The van der Waals surface area contributed by atoms with Gasteiger partial charge in [0.2, 0.25) is 10.0 Å². The van der Waals surface area contributed by atoms with Crippen LogP contribution < -0.4 is 10.5 Å². The van der Waals surface area contributed by atoms with Gasteiger partial charge in [-0.25, -0.2) is 8.42 Å². The molecule has 7 heteroatoms. The lowest BCUT2D eigenvalue weighted by atomic mass is 10.2. The van der Waals surface area contributed by atoms with Crippen molar-refractivity contribution in [3.05, 3.63) is 42.1 Å². The highest BCUT2D eigenvalue weighted by Crippen LogP contribution is 2.12. The third-order valence-electron chi connectivity index (χ3n) is 2.28. The molecule has 0 aliphatic carbocycles. The molecule has 0 radical (unpaired) electrons. The van der Waals surface area contributed by atoms with Gasteiger partial charge in [-0.15, -0.1) is 0 Å². The van der Waals surface area contributed by atoms with Crippen LogP contribution >= 0.6 is 0 Å². The Hall–Kier alpha value is -2.02. The molecule has 0 saturated heterocycles. The molecule has 18 heavy (non-hydrogen) atoms. The number of aromatic nitrogens is 2. The minimum atomic E-state index is -3.47. The maximum atomic E-state index is 11.9. The van der Waals surface area contributed by atoms with E-state index in [2.05, 4.69) is 9.82 Å². The van der Waals surface area contributed by atoms with Crippen LogP contribution in [-0.2, 0) is 22.8 Å². The molecule has 0 bridgehead atoms. The van der Waals surface area contributed by atoms with E-state index in [9.17, 15) is 8.42 Å². The van der Waals surface area contributed by atoms with Crippen LogP contribution in [0.3, 0.4) is 0 Å². The molecular weight excluding hydrogens is 252 g/mol. The standard InChI is InChI=1S/C11H14N4O2S/c1-15-6-5-11(13-15)14-18(16,17)8-9-3-2-4-10(12)7-9/h2-7H,8,12H2,1H3,(H,13,14). The highest BCUT2D eigenvalue weighted by molar-refractivity contribution is 7.91. The summed E-state index contributed by atoms with van der Waals surface area (Å²) in [5, 5.41) is 3.96. The SMILES string of the molecule is Cn1ccc(NS(=O)(=O)Cc2cccc(N)c2)n1. The van der Waals surface area contributed by atoms with E-state index in [1.165, 1.54) is 4.68 Å². The molecule has 96 valence electrons. The van der Waals surface area contributed by atoms with Crippen molar-refractivity contribution in [1.82, 2.24) is 9.78 Å². The average Bonchev–Trinajstić information content (AvgIpc) is 2.62. The van der Waals surface area contributed by atoms with Gasteiger partial charge in [0.15, 0.2) is 5.82 Å². The third-order valence-corrected chi connectivity index (χ3v) is 3.51. The Morgan fingerprint density at radius 1 is 1.39 bits per heavy atom. The number of nitrogens with two attached hydrogens (primary N) is 1. The van der Waals surface area contributed by atoms with E-state index in [1.54, 1.807) is 43.6 Å². The summed E-state index contributed by atoms with van der Waals surface area (Å²) in [5.41, 5.74) is 6.78. The lowest BCUT2D eigenvalue weighted by molar-refractivity contribution is 0.600. The molecule has 2 rings (SSSR count). The molecule has 0 aliphatic rings. The Kier molecular flexibility index (Phi) is 3.24. The van der Waals surface area contributed by atoms with Gasteiger partial charge in [-0.2, -0.15) is 5.10 Å². The summed E-state index contributed by atoms with van der Waals surface area (Å²) in [4.78, 5) is 0. The second-order valence-electron chi connectivity index (χ2n) is 3.98. The Bertz CT molecular complexity index is 649. The quantitative estimate of drug-likeness (QED) is 0.806. The first-order chi connectivity index (χ1) is 8.44. The van der Waals surface area contributed by atoms with Crippen molar-refractivity contribution in [2.75, 3.05) is 10.5 Å². The third kappa shape index (κ3) is 3.24. The maximum absolute atomic E-state index is 11.9. The number of benzene rings is 1. The van der Waals surface area contributed by atoms with E-state index in [0.717, 1.165) is 0 Å². The number of sulfonamides is 1. The van der Waals surface area contributed by atoms with Gasteiger partial charge in [0.05, 0.1) is 5.75 Å². The summed E-state index contributed by atoms with van der Waals surface area (Å²) in [6.45, 7) is 0. The van der Waals surface area contributed by atoms with Crippen molar-refractivity contribution in [2.24, 2.45) is 7.05 Å². The van der Waals surface area contributed by atoms with Crippen LogP contribution in [0.15, 0.2) is 36.5 Å². The predicted molar refractivity (Wildman–Crippen MR) is 70.3 cm³/mol. The fourth-order valence-corrected chi connectivity index (χ4v) is 2.69. The number of aryl methyl sites for hydroxylation is 1. The van der Waals surface area contributed by atoms with Gasteiger partial charge in [-0.1, -0.05) is 12.1 Å². The molecule has 3 N–H and O–H groups in total. The molecule has 0 unspecified atom stereocenters. The molecule has 0 atom stereocenters. The zero-order valence-electron chi connectivity index (χ0n) is 9.87. The van der Waals surface area contributed by atoms with Crippen LogP contribution in [0.4, 0.5) is 11.5 Å². The molecule has 1 heterocycles. The van der Waals surface area contributed by atoms with Crippen molar-refractivity contribution in [3.8, 4) is 0 Å². The minimum absolute atomic E-state index is 0.130. The minimum Gasteiger partial charge on any atom is -0.399 e. The molecule has 1 aromatic carbocycles. The van der Waals surface area contributed by atoms with Gasteiger partial charge < -0.3 is 5.73 Å². The molecule has 1 aromatic heterocycles. The summed E-state index contributed by atoms with van der Waals surface area (Å²) in [5.74, 6) is 0.177. The highest BCUT2D eigenvalue weighted by atomic mass is 32.2. The lowest BCUT2D eigenvalue weighted by Gasteiger charge is -2.06. The fraction of sp³-hybridized carbons (Fsp3) is 0.182. The molecule has 0 aliphatic heterocycles. The topological polar surface area (TPSA) is 90.0 Å². The summed E-state index contributed by atoms with van der Waals surface area (Å²) in [6, 6.07) is 8.38. The monoisotopic (exact) mass is 266 g/mol. The first-order valence-electron chi connectivity index (χ1n) is 5.29. The maximum Gasteiger partial charge on any atom is 0.238 e. The number of anilines is 2. The Balaban J connectivity index is 2.12. The number of hydrogen-bond acceptors (Lipinski definition) is 4. The number of nitrogens with zero attached hydrogens (tertiary/aromatic N) is 2. The molecule has 2 aromatic rings. The molecular formula is C11H14N4O2S. The predicted octanol–water partition coefficient (Wildman–Crippen LogP) is 0.944. The number of rotatable bonds is 4. The van der Waals surface area contributed by atoms with Crippen LogP contribution in [0.25, 0.3) is 0 Å². The van der Waals surface area contributed by atoms with E-state index in [1.807, 2.05) is 0 Å². The van der Waals surface area contributed by atoms with Crippen molar-refractivity contribution >= 4 is 21.5 Å². The van der Waals surface area contributed by atoms with E-state index in [4.69, 9.17) is 5.73 Å². The summed E-state index contributed by atoms with van der Waals surface area (Å²) >= 11 is 0. The van der Waals surface area contributed by atoms with Crippen LogP contribution in [0.5, 0.6) is 0 Å². The summed E-state index contributed by atoms with van der Waals surface area (Å²) in [7, 11) is -1.75. The van der Waals surface area contributed by atoms with E-state index in [0.29, 0.717) is 17.1 Å². The van der Waals surface area contributed by atoms with E-state index >= 15 is 0 Å². The average molecular weight is 266 g/mol. The first-order valence-corrected chi connectivity index (χ1v) is 6.94. The van der Waals surface area contributed by atoms with Crippen molar-refractivity contribution in [2.45, 2.75) is 5.75 Å². The van der Waals surface area contributed by atoms with Gasteiger partial charge in [0, 0.05) is 25.0 Å². The van der Waals surface area contributed by atoms with Crippen LogP contribution in [0.2, 0.25) is 0 Å². The molecule has 0 spiro atoms. The number of nitrogens with one attached hydrogen (secondary N) is 1. The van der Waals surface area contributed by atoms with E-state index < -0.39 is 10.0 Å². The normalized spacial score (nSPS) is 11.4.